The van der Waals surface area contributed by atoms with Crippen LogP contribution < -0.4 is 0 Å². The molecule has 1 aromatic heterocycles. The smallest absolute Gasteiger partial charge is 0.328 e. The third kappa shape index (κ3) is 4.96. The molecule has 0 fully saturated rings. The van der Waals surface area contributed by atoms with Gasteiger partial charge < -0.3 is 14.9 Å². The molecule has 0 aliphatic carbocycles. The highest BCUT2D eigenvalue weighted by Crippen LogP contribution is 2.17. The van der Waals surface area contributed by atoms with E-state index in [0.717, 1.165) is 6.42 Å². The molecule has 108 valence electrons. The van der Waals surface area contributed by atoms with Crippen molar-refractivity contribution in [2.75, 3.05) is 13.2 Å². The highest BCUT2D eigenvalue weighted by molar-refractivity contribution is 5.71. The van der Waals surface area contributed by atoms with Crippen molar-refractivity contribution in [2.24, 2.45) is 5.92 Å². The Kier molecular flexibility index (Phi) is 6.44. The Hall–Kier alpha value is -1.47. The molecule has 0 aromatic carbocycles. The summed E-state index contributed by atoms with van der Waals surface area (Å²) in [6.07, 6.45) is 3.10. The average molecular weight is 271 g/mol. The van der Waals surface area contributed by atoms with Gasteiger partial charge in [0.1, 0.15) is 5.69 Å². The van der Waals surface area contributed by atoms with Crippen LogP contribution >= 0.6 is 0 Å². The molecule has 0 spiro atoms. The van der Waals surface area contributed by atoms with Crippen LogP contribution in [0.25, 0.3) is 0 Å². The molecule has 1 unspecified atom stereocenters. The van der Waals surface area contributed by atoms with Gasteiger partial charge in [0.25, 0.3) is 0 Å². The molecule has 1 rings (SSSR count). The lowest BCUT2D eigenvalue weighted by Crippen LogP contribution is -2.24. The molecule has 19 heavy (non-hydrogen) atoms. The number of carboxylic acids is 1. The first-order chi connectivity index (χ1) is 9.06. The van der Waals surface area contributed by atoms with E-state index in [-0.39, 0.29) is 12.5 Å². The van der Waals surface area contributed by atoms with E-state index in [1.165, 1.54) is 4.68 Å². The molecular formula is C12H21N3O4. The zero-order chi connectivity index (χ0) is 14.3. The number of hydrogen-bond donors (Lipinski definition) is 2. The lowest BCUT2D eigenvalue weighted by atomic mass is 10.1. The molecule has 0 aliphatic rings. The number of aliphatic carboxylic acids is 1. The number of nitrogens with zero attached hydrogens (tertiary/aromatic N) is 3. The number of carbonyl (C=O) groups is 1. The Bertz CT molecular complexity index is 392. The molecule has 0 aliphatic heterocycles. The fourth-order valence-corrected chi connectivity index (χ4v) is 1.71. The molecule has 7 nitrogen and oxygen atoms in total. The minimum atomic E-state index is -0.921. The Balaban J connectivity index is 2.49. The van der Waals surface area contributed by atoms with E-state index < -0.39 is 12.0 Å². The standard InChI is InChI=1S/C12H21N3O4/c1-9(2)11(12(17)18)15-7-10(13-14-15)8-19-6-4-3-5-16/h7,9,11,16H,3-6,8H2,1-2H3,(H,17,18). The number of hydrogen-bond acceptors (Lipinski definition) is 5. The van der Waals surface area contributed by atoms with E-state index in [9.17, 15) is 4.79 Å². The minimum absolute atomic E-state index is 0.0717. The number of aliphatic hydroxyl groups is 1. The average Bonchev–Trinajstić information content (AvgIpc) is 2.76. The summed E-state index contributed by atoms with van der Waals surface area (Å²) in [5, 5.41) is 25.5. The molecule has 0 saturated heterocycles. The fraction of sp³-hybridized carbons (Fsp3) is 0.750. The normalized spacial score (nSPS) is 12.8. The van der Waals surface area contributed by atoms with Gasteiger partial charge in [0.15, 0.2) is 6.04 Å². The summed E-state index contributed by atoms with van der Waals surface area (Å²) in [6.45, 7) is 4.65. The minimum Gasteiger partial charge on any atom is -0.480 e. The van der Waals surface area contributed by atoms with Crippen molar-refractivity contribution in [3.63, 3.8) is 0 Å². The molecule has 1 aromatic rings. The van der Waals surface area contributed by atoms with E-state index in [2.05, 4.69) is 10.3 Å². The largest absolute Gasteiger partial charge is 0.480 e. The summed E-state index contributed by atoms with van der Waals surface area (Å²) in [5.74, 6) is -0.993. The molecule has 0 amide bonds. The molecule has 7 heteroatoms. The van der Waals surface area contributed by atoms with E-state index in [0.29, 0.717) is 25.3 Å². The quantitative estimate of drug-likeness (QED) is 0.646. The highest BCUT2D eigenvalue weighted by atomic mass is 16.5. The van der Waals surface area contributed by atoms with E-state index >= 15 is 0 Å². The molecule has 0 bridgehead atoms. The van der Waals surface area contributed by atoms with Gasteiger partial charge in [-0.15, -0.1) is 5.10 Å². The van der Waals surface area contributed by atoms with Crippen LogP contribution in [0.5, 0.6) is 0 Å². The third-order valence-corrected chi connectivity index (χ3v) is 2.67. The number of aliphatic hydroxyl groups excluding tert-OH is 1. The van der Waals surface area contributed by atoms with Crippen LogP contribution in [0.3, 0.4) is 0 Å². The topological polar surface area (TPSA) is 97.5 Å². The Morgan fingerprint density at radius 1 is 1.47 bits per heavy atom. The zero-order valence-corrected chi connectivity index (χ0v) is 11.3. The number of rotatable bonds is 9. The second-order valence-electron chi connectivity index (χ2n) is 4.70. The predicted molar refractivity (Wildman–Crippen MR) is 67.5 cm³/mol. The number of carboxylic acid groups (broad SMARTS) is 1. The molecule has 1 heterocycles. The van der Waals surface area contributed by atoms with Crippen LogP contribution in [0.4, 0.5) is 0 Å². The predicted octanol–water partition coefficient (Wildman–Crippen LogP) is 0.849. The van der Waals surface area contributed by atoms with Crippen LogP contribution in [-0.4, -0.2) is 44.4 Å². The van der Waals surface area contributed by atoms with Crippen molar-refractivity contribution in [3.05, 3.63) is 11.9 Å². The van der Waals surface area contributed by atoms with Crippen molar-refractivity contribution < 1.29 is 19.7 Å². The lowest BCUT2D eigenvalue weighted by Gasteiger charge is -2.15. The Labute approximate surface area is 112 Å². The van der Waals surface area contributed by atoms with Gasteiger partial charge in [-0.2, -0.15) is 0 Å². The van der Waals surface area contributed by atoms with Gasteiger partial charge in [-0.1, -0.05) is 19.1 Å². The number of aromatic nitrogens is 3. The first-order valence-electron chi connectivity index (χ1n) is 6.38. The van der Waals surface area contributed by atoms with Gasteiger partial charge in [0.05, 0.1) is 12.8 Å². The second-order valence-corrected chi connectivity index (χ2v) is 4.70. The summed E-state index contributed by atoms with van der Waals surface area (Å²) in [7, 11) is 0. The zero-order valence-electron chi connectivity index (χ0n) is 11.3. The first kappa shape index (κ1) is 15.6. The summed E-state index contributed by atoms with van der Waals surface area (Å²) < 4.78 is 6.72. The maximum absolute atomic E-state index is 11.1. The van der Waals surface area contributed by atoms with Gasteiger partial charge in [-0.05, 0) is 18.8 Å². The summed E-state index contributed by atoms with van der Waals surface area (Å²) in [5.41, 5.74) is 0.607. The highest BCUT2D eigenvalue weighted by Gasteiger charge is 2.24. The third-order valence-electron chi connectivity index (χ3n) is 2.67. The summed E-state index contributed by atoms with van der Waals surface area (Å²) >= 11 is 0. The lowest BCUT2D eigenvalue weighted by molar-refractivity contribution is -0.142. The molecule has 0 saturated carbocycles. The van der Waals surface area contributed by atoms with Crippen LogP contribution in [0.2, 0.25) is 0 Å². The van der Waals surface area contributed by atoms with Crippen molar-refractivity contribution in [1.82, 2.24) is 15.0 Å². The maximum Gasteiger partial charge on any atom is 0.328 e. The van der Waals surface area contributed by atoms with Gasteiger partial charge >= 0.3 is 5.97 Å². The molecule has 1 atom stereocenters. The van der Waals surface area contributed by atoms with Crippen LogP contribution in [-0.2, 0) is 16.1 Å². The van der Waals surface area contributed by atoms with Crippen LogP contribution in [0.1, 0.15) is 38.4 Å². The SMILES string of the molecule is CC(C)C(C(=O)O)n1cc(COCCCCO)nn1. The summed E-state index contributed by atoms with van der Waals surface area (Å²) in [4.78, 5) is 11.1. The Morgan fingerprint density at radius 2 is 2.21 bits per heavy atom. The van der Waals surface area contributed by atoms with Gasteiger partial charge in [0, 0.05) is 13.2 Å². The van der Waals surface area contributed by atoms with E-state index in [1.807, 2.05) is 13.8 Å². The molecule has 2 N–H and O–H groups in total. The number of ether oxygens (including phenoxy) is 1. The monoisotopic (exact) mass is 271 g/mol. The fourth-order valence-electron chi connectivity index (χ4n) is 1.71. The van der Waals surface area contributed by atoms with Crippen molar-refractivity contribution in [2.45, 2.75) is 39.3 Å². The first-order valence-corrected chi connectivity index (χ1v) is 6.38. The maximum atomic E-state index is 11.1. The number of unbranched alkanes of at least 4 members (excludes halogenated alkanes) is 1. The molecule has 0 radical (unpaired) electrons. The van der Waals surface area contributed by atoms with Crippen LogP contribution in [0.15, 0.2) is 6.20 Å². The Morgan fingerprint density at radius 3 is 2.79 bits per heavy atom. The van der Waals surface area contributed by atoms with E-state index in [1.54, 1.807) is 6.20 Å². The van der Waals surface area contributed by atoms with Crippen molar-refractivity contribution >= 4 is 5.97 Å². The van der Waals surface area contributed by atoms with E-state index in [4.69, 9.17) is 14.9 Å². The van der Waals surface area contributed by atoms with Gasteiger partial charge in [0.2, 0.25) is 0 Å². The van der Waals surface area contributed by atoms with Gasteiger partial charge in [-0.3, -0.25) is 0 Å². The molecular weight excluding hydrogens is 250 g/mol. The van der Waals surface area contributed by atoms with Crippen molar-refractivity contribution in [1.29, 1.82) is 0 Å². The summed E-state index contributed by atoms with van der Waals surface area (Å²) in [6, 6.07) is -0.712. The van der Waals surface area contributed by atoms with Crippen LogP contribution in [0, 0.1) is 5.92 Å². The van der Waals surface area contributed by atoms with Crippen molar-refractivity contribution in [3.8, 4) is 0 Å². The van der Waals surface area contributed by atoms with Gasteiger partial charge in [-0.25, -0.2) is 9.48 Å². The second kappa shape index (κ2) is 7.85.